The molecule has 20 heavy (non-hydrogen) atoms. The molecule has 0 saturated heterocycles. The highest BCUT2D eigenvalue weighted by Gasteiger charge is 2.17. The Hall–Kier alpha value is -2.28. The lowest BCUT2D eigenvalue weighted by atomic mass is 10.3. The molecule has 6 nitrogen and oxygen atoms in total. The number of rotatable bonds is 4. The van der Waals surface area contributed by atoms with Crippen molar-refractivity contribution in [3.63, 3.8) is 0 Å². The second-order valence-electron chi connectivity index (χ2n) is 4.46. The molecule has 0 saturated carbocycles. The van der Waals surface area contributed by atoms with E-state index in [2.05, 4.69) is 9.71 Å². The average molecular weight is 292 g/mol. The molecule has 3 N–H and O–H groups in total. The van der Waals surface area contributed by atoms with E-state index in [1.165, 1.54) is 18.5 Å². The third kappa shape index (κ3) is 3.00. The summed E-state index contributed by atoms with van der Waals surface area (Å²) in [5.74, 6) is 0. The van der Waals surface area contributed by atoms with Gasteiger partial charge in [0, 0.05) is 32.2 Å². The second kappa shape index (κ2) is 5.38. The van der Waals surface area contributed by atoms with Crippen LogP contribution in [0.5, 0.6) is 0 Å². The van der Waals surface area contributed by atoms with Gasteiger partial charge in [0.2, 0.25) is 0 Å². The Kier molecular flexibility index (Phi) is 3.80. The van der Waals surface area contributed by atoms with Crippen molar-refractivity contribution in [2.45, 2.75) is 4.90 Å². The summed E-state index contributed by atoms with van der Waals surface area (Å²) in [6, 6.07) is 8.53. The number of nitrogens with zero attached hydrogens (tertiary/aromatic N) is 2. The van der Waals surface area contributed by atoms with Gasteiger partial charge in [0.05, 0.1) is 11.4 Å². The molecule has 1 aromatic carbocycles. The van der Waals surface area contributed by atoms with Crippen molar-refractivity contribution in [2.24, 2.45) is 0 Å². The van der Waals surface area contributed by atoms with Crippen LogP contribution < -0.4 is 15.4 Å². The SMILES string of the molecule is CN(C)c1cccc(NS(=O)(=O)c2cnccc2N)c1. The van der Waals surface area contributed by atoms with Gasteiger partial charge >= 0.3 is 0 Å². The lowest BCUT2D eigenvalue weighted by Gasteiger charge is -2.15. The van der Waals surface area contributed by atoms with E-state index in [4.69, 9.17) is 5.73 Å². The van der Waals surface area contributed by atoms with E-state index in [0.29, 0.717) is 5.69 Å². The Balaban J connectivity index is 2.34. The number of hydrogen-bond acceptors (Lipinski definition) is 5. The fraction of sp³-hybridized carbons (Fsp3) is 0.154. The van der Waals surface area contributed by atoms with Gasteiger partial charge in [-0.3, -0.25) is 9.71 Å². The molecule has 7 heteroatoms. The second-order valence-corrected chi connectivity index (χ2v) is 6.11. The topological polar surface area (TPSA) is 88.3 Å². The number of nitrogens with two attached hydrogens (primary N) is 1. The molecule has 0 bridgehead atoms. The maximum atomic E-state index is 12.3. The first kappa shape index (κ1) is 14.1. The molecule has 0 fully saturated rings. The van der Waals surface area contributed by atoms with Crippen LogP contribution in [0.4, 0.5) is 17.1 Å². The molecule has 106 valence electrons. The van der Waals surface area contributed by atoms with E-state index in [0.717, 1.165) is 5.69 Å². The van der Waals surface area contributed by atoms with Crippen molar-refractivity contribution < 1.29 is 8.42 Å². The third-order valence-electron chi connectivity index (χ3n) is 2.72. The molecular weight excluding hydrogens is 276 g/mol. The van der Waals surface area contributed by atoms with E-state index in [-0.39, 0.29) is 10.6 Å². The molecule has 0 amide bonds. The molecule has 0 atom stereocenters. The number of hydrogen-bond donors (Lipinski definition) is 2. The number of benzene rings is 1. The van der Waals surface area contributed by atoms with Gasteiger partial charge in [-0.15, -0.1) is 0 Å². The van der Waals surface area contributed by atoms with Gasteiger partial charge in [0.1, 0.15) is 4.90 Å². The van der Waals surface area contributed by atoms with Crippen LogP contribution in [-0.4, -0.2) is 27.5 Å². The van der Waals surface area contributed by atoms with Gasteiger partial charge in [-0.05, 0) is 24.3 Å². The van der Waals surface area contributed by atoms with Crippen molar-refractivity contribution >= 4 is 27.1 Å². The van der Waals surface area contributed by atoms with E-state index in [1.54, 1.807) is 18.2 Å². The minimum Gasteiger partial charge on any atom is -0.398 e. The molecular formula is C13H16N4O2S. The van der Waals surface area contributed by atoms with Crippen LogP contribution in [0.2, 0.25) is 0 Å². The Morgan fingerprint density at radius 1 is 1.25 bits per heavy atom. The minimum atomic E-state index is -3.74. The fourth-order valence-corrected chi connectivity index (χ4v) is 2.80. The minimum absolute atomic E-state index is 0.0322. The van der Waals surface area contributed by atoms with Crippen LogP contribution in [0.1, 0.15) is 0 Å². The molecule has 0 aliphatic rings. The lowest BCUT2D eigenvalue weighted by Crippen LogP contribution is -2.15. The van der Waals surface area contributed by atoms with Crippen molar-refractivity contribution in [1.82, 2.24) is 4.98 Å². The van der Waals surface area contributed by atoms with E-state index >= 15 is 0 Å². The number of nitrogen functional groups attached to an aromatic ring is 1. The van der Waals surface area contributed by atoms with E-state index in [1.807, 2.05) is 25.1 Å². The molecule has 1 aromatic heterocycles. The number of aromatic nitrogens is 1. The quantitative estimate of drug-likeness (QED) is 0.892. The van der Waals surface area contributed by atoms with E-state index < -0.39 is 10.0 Å². The fourth-order valence-electron chi connectivity index (χ4n) is 1.67. The monoisotopic (exact) mass is 292 g/mol. The van der Waals surface area contributed by atoms with Crippen LogP contribution in [0.15, 0.2) is 47.6 Å². The Labute approximate surface area is 118 Å². The summed E-state index contributed by atoms with van der Waals surface area (Å²) in [5.41, 5.74) is 7.20. The first-order chi connectivity index (χ1) is 9.40. The highest BCUT2D eigenvalue weighted by molar-refractivity contribution is 7.92. The number of pyridine rings is 1. The normalized spacial score (nSPS) is 11.1. The van der Waals surface area contributed by atoms with Crippen LogP contribution >= 0.6 is 0 Å². The first-order valence-electron chi connectivity index (χ1n) is 5.90. The Morgan fingerprint density at radius 2 is 2.00 bits per heavy atom. The maximum Gasteiger partial charge on any atom is 0.265 e. The van der Waals surface area contributed by atoms with Crippen molar-refractivity contribution in [3.05, 3.63) is 42.7 Å². The first-order valence-corrected chi connectivity index (χ1v) is 7.38. The number of anilines is 3. The summed E-state index contributed by atoms with van der Waals surface area (Å²) in [7, 11) is 0.0208. The predicted octanol–water partition coefficient (Wildman–Crippen LogP) is 1.53. The van der Waals surface area contributed by atoms with Crippen LogP contribution in [0, 0.1) is 0 Å². The molecule has 0 aliphatic carbocycles. The van der Waals surface area contributed by atoms with Crippen LogP contribution in [0.3, 0.4) is 0 Å². The molecule has 0 aliphatic heterocycles. The zero-order chi connectivity index (χ0) is 14.8. The average Bonchev–Trinajstić information content (AvgIpc) is 2.38. The van der Waals surface area contributed by atoms with Gasteiger partial charge in [-0.2, -0.15) is 0 Å². The molecule has 2 aromatic rings. The summed E-state index contributed by atoms with van der Waals surface area (Å²) in [6.45, 7) is 0. The molecule has 0 unspecified atom stereocenters. The summed E-state index contributed by atoms with van der Waals surface area (Å²) < 4.78 is 27.0. The maximum absolute atomic E-state index is 12.3. The third-order valence-corrected chi connectivity index (χ3v) is 4.15. The van der Waals surface area contributed by atoms with Gasteiger partial charge in [0.25, 0.3) is 10.0 Å². The predicted molar refractivity (Wildman–Crippen MR) is 80.2 cm³/mol. The Bertz CT molecular complexity index is 714. The van der Waals surface area contributed by atoms with Gasteiger partial charge in [0.15, 0.2) is 0 Å². The number of sulfonamides is 1. The van der Waals surface area contributed by atoms with Crippen molar-refractivity contribution in [1.29, 1.82) is 0 Å². The summed E-state index contributed by atoms with van der Waals surface area (Å²) in [5, 5.41) is 0. The molecule has 2 rings (SSSR count). The van der Waals surface area contributed by atoms with Crippen molar-refractivity contribution in [3.8, 4) is 0 Å². The van der Waals surface area contributed by atoms with Gasteiger partial charge in [-0.1, -0.05) is 6.07 Å². The Morgan fingerprint density at radius 3 is 2.65 bits per heavy atom. The molecule has 0 radical (unpaired) electrons. The zero-order valence-electron chi connectivity index (χ0n) is 11.2. The zero-order valence-corrected chi connectivity index (χ0v) is 12.1. The van der Waals surface area contributed by atoms with Gasteiger partial charge in [-0.25, -0.2) is 8.42 Å². The van der Waals surface area contributed by atoms with E-state index in [9.17, 15) is 8.42 Å². The highest BCUT2D eigenvalue weighted by atomic mass is 32.2. The largest absolute Gasteiger partial charge is 0.398 e. The molecule has 0 spiro atoms. The number of nitrogens with one attached hydrogen (secondary N) is 1. The summed E-state index contributed by atoms with van der Waals surface area (Å²) in [4.78, 5) is 5.64. The summed E-state index contributed by atoms with van der Waals surface area (Å²) in [6.07, 6.45) is 2.68. The van der Waals surface area contributed by atoms with Crippen molar-refractivity contribution in [2.75, 3.05) is 29.5 Å². The summed E-state index contributed by atoms with van der Waals surface area (Å²) >= 11 is 0. The standard InChI is InChI=1S/C13H16N4O2S/c1-17(2)11-5-3-4-10(8-11)16-20(18,19)13-9-15-7-6-12(13)14/h3-9,16H,1-2H3,(H2,14,15). The van der Waals surface area contributed by atoms with Crippen LogP contribution in [0.25, 0.3) is 0 Å². The van der Waals surface area contributed by atoms with Crippen LogP contribution in [-0.2, 0) is 10.0 Å². The molecule has 1 heterocycles. The highest BCUT2D eigenvalue weighted by Crippen LogP contribution is 2.22. The van der Waals surface area contributed by atoms with Gasteiger partial charge < -0.3 is 10.6 Å². The smallest absolute Gasteiger partial charge is 0.265 e. The lowest BCUT2D eigenvalue weighted by molar-refractivity contribution is 0.601.